The van der Waals surface area contributed by atoms with Crippen LogP contribution in [0, 0.1) is 6.92 Å². The van der Waals surface area contributed by atoms with Crippen molar-refractivity contribution >= 4 is 0 Å². The highest BCUT2D eigenvalue weighted by Crippen LogP contribution is 2.06. The Morgan fingerprint density at radius 2 is 2.07 bits per heavy atom. The van der Waals surface area contributed by atoms with Gasteiger partial charge in [-0.2, -0.15) is 5.10 Å². The van der Waals surface area contributed by atoms with Gasteiger partial charge >= 0.3 is 0 Å². The van der Waals surface area contributed by atoms with E-state index in [4.69, 9.17) is 0 Å². The molecule has 0 aliphatic carbocycles. The first-order chi connectivity index (χ1) is 7.19. The van der Waals surface area contributed by atoms with Gasteiger partial charge in [0.15, 0.2) is 0 Å². The van der Waals surface area contributed by atoms with E-state index >= 15 is 0 Å². The Hall–Kier alpha value is -0.830. The van der Waals surface area contributed by atoms with Crippen molar-refractivity contribution in [2.24, 2.45) is 7.05 Å². The fourth-order valence-electron chi connectivity index (χ4n) is 1.78. The van der Waals surface area contributed by atoms with Crippen molar-refractivity contribution in [3.63, 3.8) is 0 Å². The maximum Gasteiger partial charge on any atom is 0.0524 e. The van der Waals surface area contributed by atoms with Crippen molar-refractivity contribution in [2.75, 3.05) is 6.54 Å². The van der Waals surface area contributed by atoms with E-state index in [0.29, 0.717) is 6.04 Å². The summed E-state index contributed by atoms with van der Waals surface area (Å²) < 4.78 is 1.94. The molecule has 0 saturated heterocycles. The van der Waals surface area contributed by atoms with E-state index in [9.17, 15) is 0 Å². The highest BCUT2D eigenvalue weighted by atomic mass is 15.3. The molecule has 0 fully saturated rings. The molecule has 86 valence electrons. The van der Waals surface area contributed by atoms with Gasteiger partial charge in [0, 0.05) is 18.8 Å². The van der Waals surface area contributed by atoms with E-state index in [1.165, 1.54) is 24.1 Å². The lowest BCUT2D eigenvalue weighted by atomic mass is 10.1. The number of nitrogens with zero attached hydrogens (tertiary/aromatic N) is 2. The minimum absolute atomic E-state index is 0.668. The number of hydrogen-bond acceptors (Lipinski definition) is 2. The number of aromatic nitrogens is 2. The van der Waals surface area contributed by atoms with Gasteiger partial charge in [-0.25, -0.2) is 0 Å². The average molecular weight is 209 g/mol. The minimum atomic E-state index is 0.668. The fourth-order valence-corrected chi connectivity index (χ4v) is 1.78. The molecule has 0 radical (unpaired) electrons. The average Bonchev–Trinajstić information content (AvgIpc) is 2.56. The quantitative estimate of drug-likeness (QED) is 0.777. The Morgan fingerprint density at radius 3 is 2.53 bits per heavy atom. The summed E-state index contributed by atoms with van der Waals surface area (Å²) in [4.78, 5) is 0. The van der Waals surface area contributed by atoms with Crippen LogP contribution in [0.2, 0.25) is 0 Å². The monoisotopic (exact) mass is 209 g/mol. The standard InChI is InChI=1S/C12H23N3/c1-5-12(6-2)13-8-7-11-9-14-15(4)10(11)3/h9,12-13H,5-8H2,1-4H3. The van der Waals surface area contributed by atoms with Gasteiger partial charge in [0.1, 0.15) is 0 Å². The lowest BCUT2D eigenvalue weighted by molar-refractivity contribution is 0.488. The molecule has 0 aromatic carbocycles. The lowest BCUT2D eigenvalue weighted by Crippen LogP contribution is -2.29. The summed E-state index contributed by atoms with van der Waals surface area (Å²) >= 11 is 0. The summed E-state index contributed by atoms with van der Waals surface area (Å²) in [6.45, 7) is 7.64. The van der Waals surface area contributed by atoms with E-state index in [1.807, 2.05) is 17.9 Å². The molecule has 0 atom stereocenters. The third-order valence-corrected chi connectivity index (χ3v) is 3.15. The molecule has 15 heavy (non-hydrogen) atoms. The van der Waals surface area contributed by atoms with Crippen molar-refractivity contribution in [1.29, 1.82) is 0 Å². The molecule has 1 aromatic rings. The van der Waals surface area contributed by atoms with E-state index in [2.05, 4.69) is 31.2 Å². The minimum Gasteiger partial charge on any atom is -0.314 e. The molecule has 0 unspecified atom stereocenters. The Balaban J connectivity index is 2.34. The Labute approximate surface area is 92.9 Å². The SMILES string of the molecule is CCC(CC)NCCc1cnn(C)c1C. The predicted molar refractivity (Wildman–Crippen MR) is 64.0 cm³/mol. The van der Waals surface area contributed by atoms with E-state index in [-0.39, 0.29) is 0 Å². The molecule has 0 aliphatic rings. The maximum absolute atomic E-state index is 4.24. The molecular formula is C12H23N3. The summed E-state index contributed by atoms with van der Waals surface area (Å²) in [7, 11) is 1.99. The summed E-state index contributed by atoms with van der Waals surface area (Å²) in [5.41, 5.74) is 2.64. The first-order valence-electron chi connectivity index (χ1n) is 5.89. The van der Waals surface area contributed by atoms with Crippen LogP contribution in [0.25, 0.3) is 0 Å². The van der Waals surface area contributed by atoms with Gasteiger partial charge in [0.2, 0.25) is 0 Å². The molecule has 0 spiro atoms. The maximum atomic E-state index is 4.24. The Kier molecular flexibility index (Phi) is 4.82. The molecule has 3 heteroatoms. The van der Waals surface area contributed by atoms with Gasteiger partial charge in [0.25, 0.3) is 0 Å². The summed E-state index contributed by atoms with van der Waals surface area (Å²) in [5, 5.41) is 7.81. The van der Waals surface area contributed by atoms with Crippen LogP contribution in [0.4, 0.5) is 0 Å². The van der Waals surface area contributed by atoms with Crippen LogP contribution in [0.5, 0.6) is 0 Å². The van der Waals surface area contributed by atoms with Crippen LogP contribution in [0.3, 0.4) is 0 Å². The normalized spacial score (nSPS) is 11.3. The third-order valence-electron chi connectivity index (χ3n) is 3.15. The largest absolute Gasteiger partial charge is 0.314 e. The molecular weight excluding hydrogens is 186 g/mol. The second-order valence-electron chi connectivity index (χ2n) is 4.10. The van der Waals surface area contributed by atoms with Crippen LogP contribution in [0.1, 0.15) is 37.9 Å². The van der Waals surface area contributed by atoms with Crippen LogP contribution in [-0.4, -0.2) is 22.4 Å². The van der Waals surface area contributed by atoms with Gasteiger partial charge in [-0.1, -0.05) is 13.8 Å². The zero-order valence-electron chi connectivity index (χ0n) is 10.4. The highest BCUT2D eigenvalue weighted by molar-refractivity contribution is 5.16. The Bertz CT molecular complexity index is 287. The predicted octanol–water partition coefficient (Wildman–Crippen LogP) is 2.05. The van der Waals surface area contributed by atoms with Crippen molar-refractivity contribution in [3.8, 4) is 0 Å². The molecule has 1 rings (SSSR count). The number of nitrogens with one attached hydrogen (secondary N) is 1. The van der Waals surface area contributed by atoms with Gasteiger partial charge in [-0.05, 0) is 38.3 Å². The van der Waals surface area contributed by atoms with Crippen LogP contribution >= 0.6 is 0 Å². The molecule has 0 saturated carbocycles. The number of rotatable bonds is 6. The first kappa shape index (κ1) is 12.2. The number of aryl methyl sites for hydroxylation is 1. The zero-order chi connectivity index (χ0) is 11.3. The van der Waals surface area contributed by atoms with Gasteiger partial charge in [0.05, 0.1) is 6.20 Å². The van der Waals surface area contributed by atoms with Crippen LogP contribution in [-0.2, 0) is 13.5 Å². The molecule has 3 nitrogen and oxygen atoms in total. The number of hydrogen-bond donors (Lipinski definition) is 1. The van der Waals surface area contributed by atoms with Crippen molar-refractivity contribution in [2.45, 2.75) is 46.1 Å². The van der Waals surface area contributed by atoms with Crippen molar-refractivity contribution in [3.05, 3.63) is 17.5 Å². The first-order valence-corrected chi connectivity index (χ1v) is 5.89. The summed E-state index contributed by atoms with van der Waals surface area (Å²) in [6, 6.07) is 0.668. The van der Waals surface area contributed by atoms with E-state index < -0.39 is 0 Å². The Morgan fingerprint density at radius 1 is 1.40 bits per heavy atom. The van der Waals surface area contributed by atoms with E-state index in [0.717, 1.165) is 13.0 Å². The third kappa shape index (κ3) is 3.34. The topological polar surface area (TPSA) is 29.9 Å². The highest BCUT2D eigenvalue weighted by Gasteiger charge is 2.05. The van der Waals surface area contributed by atoms with Crippen molar-refractivity contribution < 1.29 is 0 Å². The summed E-state index contributed by atoms with van der Waals surface area (Å²) in [6.07, 6.45) is 5.48. The fraction of sp³-hybridized carbons (Fsp3) is 0.750. The van der Waals surface area contributed by atoms with Crippen molar-refractivity contribution in [1.82, 2.24) is 15.1 Å². The molecule has 0 bridgehead atoms. The molecule has 0 aliphatic heterocycles. The van der Waals surface area contributed by atoms with E-state index in [1.54, 1.807) is 0 Å². The molecule has 0 amide bonds. The van der Waals surface area contributed by atoms with Gasteiger partial charge < -0.3 is 5.32 Å². The molecule has 1 N–H and O–H groups in total. The zero-order valence-corrected chi connectivity index (χ0v) is 10.4. The second-order valence-corrected chi connectivity index (χ2v) is 4.10. The van der Waals surface area contributed by atoms with Gasteiger partial charge in [-0.3, -0.25) is 4.68 Å². The molecule has 1 aromatic heterocycles. The van der Waals surface area contributed by atoms with Gasteiger partial charge in [-0.15, -0.1) is 0 Å². The van der Waals surface area contributed by atoms with Crippen LogP contribution < -0.4 is 5.32 Å². The smallest absolute Gasteiger partial charge is 0.0524 e. The molecule has 1 heterocycles. The van der Waals surface area contributed by atoms with Crippen LogP contribution in [0.15, 0.2) is 6.20 Å². The second kappa shape index (κ2) is 5.91. The summed E-state index contributed by atoms with van der Waals surface area (Å²) in [5.74, 6) is 0. The lowest BCUT2D eigenvalue weighted by Gasteiger charge is -2.14.